The van der Waals surface area contributed by atoms with Crippen LogP contribution in [0.25, 0.3) is 0 Å². The molecule has 1 aliphatic carbocycles. The summed E-state index contributed by atoms with van der Waals surface area (Å²) in [5, 5.41) is 23.2. The van der Waals surface area contributed by atoms with E-state index in [1.807, 2.05) is 0 Å². The van der Waals surface area contributed by atoms with Crippen LogP contribution in [-0.2, 0) is 5.41 Å². The van der Waals surface area contributed by atoms with Gasteiger partial charge in [0, 0.05) is 41.9 Å². The van der Waals surface area contributed by atoms with Gasteiger partial charge in [0.25, 0.3) is 0 Å². The summed E-state index contributed by atoms with van der Waals surface area (Å²) in [5.74, 6) is 1.12. The van der Waals surface area contributed by atoms with Gasteiger partial charge >= 0.3 is 0 Å². The molecule has 1 aromatic rings. The van der Waals surface area contributed by atoms with Gasteiger partial charge in [0.05, 0.1) is 30.7 Å². The van der Waals surface area contributed by atoms with Gasteiger partial charge in [-0.15, -0.1) is 0 Å². The van der Waals surface area contributed by atoms with Crippen molar-refractivity contribution in [1.82, 2.24) is 0 Å². The van der Waals surface area contributed by atoms with Crippen LogP contribution >= 0.6 is 15.9 Å². The molecule has 26 heavy (non-hydrogen) atoms. The Labute approximate surface area is 163 Å². The van der Waals surface area contributed by atoms with Gasteiger partial charge in [-0.1, -0.05) is 22.9 Å². The molecule has 5 aliphatic heterocycles. The summed E-state index contributed by atoms with van der Waals surface area (Å²) in [6.07, 6.45) is 2.59. The topological polar surface area (TPSA) is 43.7 Å². The van der Waals surface area contributed by atoms with Gasteiger partial charge in [0.15, 0.2) is 6.23 Å². The van der Waals surface area contributed by atoms with E-state index >= 15 is 0 Å². The van der Waals surface area contributed by atoms with E-state index in [0.29, 0.717) is 29.8 Å². The molecule has 1 aromatic carbocycles. The average Bonchev–Trinajstić information content (AvgIpc) is 2.98. The maximum atomic E-state index is 11.8. The summed E-state index contributed by atoms with van der Waals surface area (Å²) in [5.41, 5.74) is 2.44. The predicted molar refractivity (Wildman–Crippen MR) is 104 cm³/mol. The van der Waals surface area contributed by atoms with Crippen LogP contribution in [0.15, 0.2) is 22.7 Å². The smallest absolute Gasteiger partial charge is 0.193 e. The van der Waals surface area contributed by atoms with E-state index in [2.05, 4.69) is 60.0 Å². The van der Waals surface area contributed by atoms with E-state index in [0.717, 1.165) is 28.2 Å². The molecule has 1 spiro atoms. The second-order valence-electron chi connectivity index (χ2n) is 9.73. The molecule has 7 rings (SSSR count). The quantitative estimate of drug-likeness (QED) is 0.687. The molecule has 0 amide bonds. The van der Waals surface area contributed by atoms with E-state index in [1.54, 1.807) is 0 Å². The number of nitrogens with zero attached hydrogens (tertiary/aromatic N) is 2. The van der Waals surface area contributed by atoms with Crippen molar-refractivity contribution in [3.63, 3.8) is 0 Å². The van der Waals surface area contributed by atoms with Gasteiger partial charge in [0.1, 0.15) is 6.04 Å². The monoisotopic (exact) mass is 419 g/mol. The molecule has 4 nitrogen and oxygen atoms in total. The fourth-order valence-electron chi connectivity index (χ4n) is 8.60. The zero-order valence-electron chi connectivity index (χ0n) is 15.6. The third-order valence-electron chi connectivity index (χ3n) is 9.44. The molecule has 0 aromatic heterocycles. The standard InChI is InChI=1S/C21H28BrN2O2/c1-4-11-12-8-15-18-21(13-7-10(22)5-6-14(13)23(18)2)9-16(17(12)19(21)25)24(15,3)20(11)26/h5-7,11-12,15-20,25-26H,4,8-9H2,1-3H3/q+1/t11-,12?,15-,16-,17?,18-,19+,20+,21?,24?/m0/s1. The largest absolute Gasteiger partial charge is 0.392 e. The van der Waals surface area contributed by atoms with Crippen LogP contribution in [-0.4, -0.2) is 59.2 Å². The Morgan fingerprint density at radius 2 is 2.08 bits per heavy atom. The lowest BCUT2D eigenvalue weighted by Gasteiger charge is -2.66. The van der Waals surface area contributed by atoms with Gasteiger partial charge in [-0.2, -0.15) is 0 Å². The number of fused-ring (bicyclic) bond motifs is 2. The summed E-state index contributed by atoms with van der Waals surface area (Å²) in [4.78, 5) is 2.44. The minimum atomic E-state index is -0.299. The van der Waals surface area contributed by atoms with Gasteiger partial charge in [-0.05, 0) is 36.1 Å². The molecule has 5 heteroatoms. The Morgan fingerprint density at radius 3 is 2.81 bits per heavy atom. The number of benzene rings is 1. The van der Waals surface area contributed by atoms with Crippen LogP contribution in [0.5, 0.6) is 0 Å². The lowest BCUT2D eigenvalue weighted by molar-refractivity contribution is -1.02. The van der Waals surface area contributed by atoms with E-state index in [1.165, 1.54) is 11.3 Å². The highest BCUT2D eigenvalue weighted by atomic mass is 79.9. The minimum Gasteiger partial charge on any atom is -0.392 e. The van der Waals surface area contributed by atoms with E-state index < -0.39 is 0 Å². The molecule has 0 radical (unpaired) electrons. The predicted octanol–water partition coefficient (Wildman–Crippen LogP) is 2.46. The Morgan fingerprint density at radius 1 is 1.31 bits per heavy atom. The number of halogens is 1. The molecule has 6 aliphatic rings. The van der Waals surface area contributed by atoms with Crippen molar-refractivity contribution >= 4 is 21.6 Å². The number of anilines is 1. The fraction of sp³-hybridized carbons (Fsp3) is 0.714. The second-order valence-corrected chi connectivity index (χ2v) is 10.6. The zero-order valence-corrected chi connectivity index (χ0v) is 17.2. The molecule has 5 fully saturated rings. The number of aliphatic hydroxyl groups is 2. The highest BCUT2D eigenvalue weighted by molar-refractivity contribution is 9.10. The molecule has 1 saturated carbocycles. The maximum Gasteiger partial charge on any atom is 0.193 e. The van der Waals surface area contributed by atoms with E-state index in [9.17, 15) is 10.2 Å². The molecule has 4 saturated heterocycles. The number of quaternary nitrogens is 1. The average molecular weight is 420 g/mol. The molecule has 2 N–H and O–H groups in total. The minimum absolute atomic E-state index is 0.164. The maximum absolute atomic E-state index is 11.8. The van der Waals surface area contributed by atoms with Crippen LogP contribution in [0.2, 0.25) is 0 Å². The highest BCUT2D eigenvalue weighted by Gasteiger charge is 2.82. The van der Waals surface area contributed by atoms with Crippen LogP contribution in [0.3, 0.4) is 0 Å². The SMILES string of the molecule is CC[C@H]1C2C[C@H]3[C@@H]4N(C)c5ccc(Br)cc5C45C[C@@H](C2[C@H]5O)[N+]3(C)[C@@H]1O. The van der Waals surface area contributed by atoms with Crippen molar-refractivity contribution in [3.05, 3.63) is 28.2 Å². The number of aliphatic hydroxyl groups excluding tert-OH is 2. The molecular weight excluding hydrogens is 392 g/mol. The lowest BCUT2D eigenvalue weighted by atomic mass is 9.61. The molecule has 5 heterocycles. The Bertz CT molecular complexity index is 817. The number of hydrogen-bond donors (Lipinski definition) is 2. The third kappa shape index (κ3) is 1.40. The number of hydrogen-bond acceptors (Lipinski definition) is 3. The highest BCUT2D eigenvalue weighted by Crippen LogP contribution is 2.71. The van der Waals surface area contributed by atoms with Crippen LogP contribution in [0, 0.1) is 17.8 Å². The fourth-order valence-corrected chi connectivity index (χ4v) is 8.96. The molecule has 4 unspecified atom stereocenters. The summed E-state index contributed by atoms with van der Waals surface area (Å²) in [7, 11) is 4.50. The molecule has 10 atom stereocenters. The van der Waals surface area contributed by atoms with Gasteiger partial charge in [-0.3, -0.25) is 4.48 Å². The van der Waals surface area contributed by atoms with Gasteiger partial charge in [-0.25, -0.2) is 0 Å². The normalized spacial score (nSPS) is 55.4. The molecular formula is C21H28BrN2O2+. The van der Waals surface area contributed by atoms with Crippen molar-refractivity contribution in [1.29, 1.82) is 0 Å². The lowest BCUT2D eigenvalue weighted by Crippen LogP contribution is -2.81. The van der Waals surface area contributed by atoms with Crippen molar-refractivity contribution in [3.8, 4) is 0 Å². The van der Waals surface area contributed by atoms with Crippen LogP contribution in [0.4, 0.5) is 5.69 Å². The van der Waals surface area contributed by atoms with E-state index in [4.69, 9.17) is 0 Å². The number of rotatable bonds is 1. The van der Waals surface area contributed by atoms with Crippen molar-refractivity contribution in [2.45, 2.75) is 62.1 Å². The third-order valence-corrected chi connectivity index (χ3v) is 9.94. The first-order chi connectivity index (χ1) is 12.4. The first-order valence-electron chi connectivity index (χ1n) is 10.1. The first kappa shape index (κ1) is 16.3. The summed E-state index contributed by atoms with van der Waals surface area (Å²) in [6.45, 7) is 2.21. The van der Waals surface area contributed by atoms with Crippen molar-refractivity contribution < 1.29 is 14.7 Å². The Kier molecular flexibility index (Phi) is 2.94. The van der Waals surface area contributed by atoms with Crippen molar-refractivity contribution in [2.24, 2.45) is 17.8 Å². The Balaban J connectivity index is 1.62. The van der Waals surface area contributed by atoms with E-state index in [-0.39, 0.29) is 23.8 Å². The Hall–Kier alpha value is -0.620. The first-order valence-corrected chi connectivity index (χ1v) is 10.9. The molecule has 5 bridgehead atoms. The molecule has 140 valence electrons. The van der Waals surface area contributed by atoms with Crippen LogP contribution < -0.4 is 4.90 Å². The van der Waals surface area contributed by atoms with Crippen LogP contribution in [0.1, 0.15) is 31.7 Å². The van der Waals surface area contributed by atoms with Crippen molar-refractivity contribution in [2.75, 3.05) is 19.0 Å². The van der Waals surface area contributed by atoms with Gasteiger partial charge < -0.3 is 15.1 Å². The second kappa shape index (κ2) is 4.68. The van der Waals surface area contributed by atoms with Gasteiger partial charge in [0.2, 0.25) is 0 Å². The zero-order chi connectivity index (χ0) is 18.2. The summed E-state index contributed by atoms with van der Waals surface area (Å²) in [6, 6.07) is 7.66. The number of likely N-dealkylation sites (N-methyl/N-ethyl adjacent to an activating group) is 2. The summed E-state index contributed by atoms with van der Waals surface area (Å²) >= 11 is 3.67. The number of piperidine rings is 4. The summed E-state index contributed by atoms with van der Waals surface area (Å²) < 4.78 is 1.87.